The van der Waals surface area contributed by atoms with Crippen LogP contribution < -0.4 is 5.32 Å². The monoisotopic (exact) mass is 650 g/mol. The molecule has 2 unspecified atom stereocenters. The molecule has 3 aliphatic rings. The third-order valence-corrected chi connectivity index (χ3v) is 10.3. The molecule has 0 aromatic heterocycles. The summed E-state index contributed by atoms with van der Waals surface area (Å²) in [6.45, 7) is 15.3. The summed E-state index contributed by atoms with van der Waals surface area (Å²) in [5, 5.41) is 3.11. The lowest BCUT2D eigenvalue weighted by Crippen LogP contribution is -2.58. The summed E-state index contributed by atoms with van der Waals surface area (Å²) in [5.74, 6) is -0.925. The minimum absolute atomic E-state index is 0.00991. The number of amides is 3. The SMILES string of the molecule is C/C(=C\C(C(C)C)N(C)C(=O)[C@@H](NC(=O)[C@H]1CCCCN1C(C)C)C(C)C)C(=O)N1CCC[C@H]1C(=O)OC1CCCc2ccccc21. The lowest BCUT2D eigenvalue weighted by molar-refractivity contribution is -0.158. The van der Waals surface area contributed by atoms with Crippen LogP contribution in [0.1, 0.15) is 111 Å². The molecule has 1 N–H and O–H groups in total. The Balaban J connectivity index is 1.45. The van der Waals surface area contributed by atoms with E-state index >= 15 is 0 Å². The van der Waals surface area contributed by atoms with Gasteiger partial charge in [-0.15, -0.1) is 0 Å². The van der Waals surface area contributed by atoms with Gasteiger partial charge in [0.25, 0.3) is 0 Å². The second-order valence-electron chi connectivity index (χ2n) is 14.8. The number of benzene rings is 1. The highest BCUT2D eigenvalue weighted by atomic mass is 16.5. The van der Waals surface area contributed by atoms with Gasteiger partial charge >= 0.3 is 5.97 Å². The number of nitrogens with zero attached hydrogens (tertiary/aromatic N) is 3. The molecule has 260 valence electrons. The zero-order valence-corrected chi connectivity index (χ0v) is 30.0. The highest BCUT2D eigenvalue weighted by molar-refractivity contribution is 5.96. The molecule has 0 radical (unpaired) electrons. The second-order valence-corrected chi connectivity index (χ2v) is 14.8. The predicted octanol–water partition coefficient (Wildman–Crippen LogP) is 5.43. The third kappa shape index (κ3) is 8.64. The lowest BCUT2D eigenvalue weighted by atomic mass is 9.89. The summed E-state index contributed by atoms with van der Waals surface area (Å²) in [6, 6.07) is 6.45. The van der Waals surface area contributed by atoms with Crippen LogP contribution in [0.2, 0.25) is 0 Å². The first-order valence-electron chi connectivity index (χ1n) is 17.9. The van der Waals surface area contributed by atoms with Crippen LogP contribution in [-0.4, -0.2) is 88.7 Å². The van der Waals surface area contributed by atoms with Gasteiger partial charge in [-0.3, -0.25) is 19.3 Å². The van der Waals surface area contributed by atoms with Crippen molar-refractivity contribution in [2.45, 2.75) is 136 Å². The number of ether oxygens (including phenoxy) is 1. The molecule has 1 aromatic carbocycles. The zero-order valence-electron chi connectivity index (χ0n) is 30.0. The van der Waals surface area contributed by atoms with Crippen molar-refractivity contribution in [3.63, 3.8) is 0 Å². The zero-order chi connectivity index (χ0) is 34.4. The summed E-state index contributed by atoms with van der Waals surface area (Å²) in [6.07, 6.45) is 8.47. The van der Waals surface area contributed by atoms with E-state index in [1.807, 2.05) is 52.0 Å². The van der Waals surface area contributed by atoms with E-state index in [2.05, 4.69) is 30.1 Å². The van der Waals surface area contributed by atoms with E-state index in [0.29, 0.717) is 18.5 Å². The molecule has 0 spiro atoms. The number of piperidine rings is 1. The van der Waals surface area contributed by atoms with Gasteiger partial charge in [0.05, 0.1) is 12.1 Å². The number of rotatable bonds is 11. The van der Waals surface area contributed by atoms with Gasteiger partial charge in [-0.25, -0.2) is 4.79 Å². The number of nitrogens with one attached hydrogen (secondary N) is 1. The smallest absolute Gasteiger partial charge is 0.329 e. The van der Waals surface area contributed by atoms with E-state index in [0.717, 1.165) is 57.1 Å². The van der Waals surface area contributed by atoms with Gasteiger partial charge < -0.3 is 19.9 Å². The summed E-state index contributed by atoms with van der Waals surface area (Å²) in [7, 11) is 1.75. The van der Waals surface area contributed by atoms with Crippen LogP contribution in [0.15, 0.2) is 35.9 Å². The number of esters is 1. The topological polar surface area (TPSA) is 99.3 Å². The first kappa shape index (κ1) is 36.6. The number of likely N-dealkylation sites (N-methyl/N-ethyl adjacent to an activating group) is 1. The quantitative estimate of drug-likeness (QED) is 0.253. The molecular weight excluding hydrogens is 592 g/mol. The average molecular weight is 651 g/mol. The number of carbonyl (C=O) groups excluding carboxylic acids is 4. The molecule has 4 rings (SSSR count). The first-order valence-corrected chi connectivity index (χ1v) is 17.9. The molecule has 1 aromatic rings. The van der Waals surface area contributed by atoms with Crippen LogP contribution in [0.3, 0.4) is 0 Å². The second kappa shape index (κ2) is 16.3. The van der Waals surface area contributed by atoms with Crippen molar-refractivity contribution in [3.05, 3.63) is 47.0 Å². The maximum absolute atomic E-state index is 14.0. The molecule has 3 amide bonds. The summed E-state index contributed by atoms with van der Waals surface area (Å²) in [4.78, 5) is 60.4. The van der Waals surface area contributed by atoms with E-state index in [1.54, 1.807) is 23.8 Å². The number of hydrogen-bond donors (Lipinski definition) is 1. The summed E-state index contributed by atoms with van der Waals surface area (Å²) >= 11 is 0. The molecule has 1 aliphatic carbocycles. The van der Waals surface area contributed by atoms with Crippen LogP contribution >= 0.6 is 0 Å². The van der Waals surface area contributed by atoms with Crippen molar-refractivity contribution >= 4 is 23.7 Å². The van der Waals surface area contributed by atoms with Gasteiger partial charge in [-0.05, 0) is 95.2 Å². The van der Waals surface area contributed by atoms with E-state index in [4.69, 9.17) is 4.74 Å². The van der Waals surface area contributed by atoms with E-state index < -0.39 is 12.1 Å². The molecule has 9 heteroatoms. The predicted molar refractivity (Wildman–Crippen MR) is 184 cm³/mol. The molecule has 2 fully saturated rings. The third-order valence-electron chi connectivity index (χ3n) is 10.3. The first-order chi connectivity index (χ1) is 22.3. The molecule has 0 bridgehead atoms. The Hall–Kier alpha value is -3.20. The van der Waals surface area contributed by atoms with Crippen LogP contribution in [0, 0.1) is 11.8 Å². The van der Waals surface area contributed by atoms with E-state index in [1.165, 1.54) is 5.56 Å². The molecule has 2 aliphatic heterocycles. The van der Waals surface area contributed by atoms with Gasteiger partial charge in [0.2, 0.25) is 17.7 Å². The van der Waals surface area contributed by atoms with Crippen LogP contribution in [-0.2, 0) is 30.3 Å². The standard InChI is InChI=1S/C38H58N4O5/c1-24(2)32(40(8)37(45)34(25(3)4)39-35(43)30-18-11-12-21-41(30)26(5)6)23-27(7)36(44)42-22-14-19-31(42)38(46)47-33-20-13-16-28-15-9-10-17-29(28)33/h9-10,15,17,23-26,30-34H,11-14,16,18-22H2,1-8H3,(H,39,43)/b27-23+/t30-,31+,32?,33?,34+/m1/s1. The van der Waals surface area contributed by atoms with Crippen molar-refractivity contribution < 1.29 is 23.9 Å². The van der Waals surface area contributed by atoms with Crippen LogP contribution in [0.25, 0.3) is 0 Å². The van der Waals surface area contributed by atoms with E-state index in [-0.39, 0.29) is 59.8 Å². The molecular formula is C38H58N4O5. The Morgan fingerprint density at radius 1 is 0.894 bits per heavy atom. The van der Waals surface area contributed by atoms with Gasteiger partial charge in [0.15, 0.2) is 0 Å². The maximum atomic E-state index is 14.0. The minimum atomic E-state index is -0.684. The largest absolute Gasteiger partial charge is 0.456 e. The molecule has 0 saturated carbocycles. The number of carbonyl (C=O) groups is 4. The maximum Gasteiger partial charge on any atom is 0.329 e. The van der Waals surface area contributed by atoms with E-state index in [9.17, 15) is 19.2 Å². The Labute approximate surface area is 282 Å². The van der Waals surface area contributed by atoms with Gasteiger partial charge in [0.1, 0.15) is 18.2 Å². The fourth-order valence-corrected chi connectivity index (χ4v) is 7.59. The highest BCUT2D eigenvalue weighted by Gasteiger charge is 2.39. The molecule has 2 heterocycles. The Bertz CT molecular complexity index is 1310. The van der Waals surface area contributed by atoms with Crippen LogP contribution in [0.5, 0.6) is 0 Å². The molecule has 47 heavy (non-hydrogen) atoms. The minimum Gasteiger partial charge on any atom is -0.456 e. The fraction of sp³-hybridized carbons (Fsp3) is 0.684. The average Bonchev–Trinajstić information content (AvgIpc) is 3.55. The molecule has 2 saturated heterocycles. The highest BCUT2D eigenvalue weighted by Crippen LogP contribution is 2.34. The van der Waals surface area contributed by atoms with Crippen molar-refractivity contribution in [1.29, 1.82) is 0 Å². The van der Waals surface area contributed by atoms with Crippen molar-refractivity contribution in [3.8, 4) is 0 Å². The summed E-state index contributed by atoms with van der Waals surface area (Å²) in [5.41, 5.74) is 2.78. The van der Waals surface area contributed by atoms with Gasteiger partial charge in [0, 0.05) is 25.2 Å². The number of aryl methyl sites for hydroxylation is 1. The van der Waals surface area contributed by atoms with Crippen molar-refractivity contribution in [2.24, 2.45) is 11.8 Å². The number of likely N-dealkylation sites (tertiary alicyclic amines) is 2. The van der Waals surface area contributed by atoms with Crippen LogP contribution in [0.4, 0.5) is 0 Å². The number of hydrogen-bond acceptors (Lipinski definition) is 6. The number of fused-ring (bicyclic) bond motifs is 1. The normalized spacial score (nSPS) is 23.4. The molecule has 5 atom stereocenters. The van der Waals surface area contributed by atoms with Crippen molar-refractivity contribution in [1.82, 2.24) is 20.0 Å². The van der Waals surface area contributed by atoms with Gasteiger partial charge in [-0.1, -0.05) is 64.5 Å². The molecule has 9 nitrogen and oxygen atoms in total. The lowest BCUT2D eigenvalue weighted by Gasteiger charge is -2.39. The summed E-state index contributed by atoms with van der Waals surface area (Å²) < 4.78 is 6.05. The Kier molecular flexibility index (Phi) is 12.7. The Morgan fingerprint density at radius 2 is 1.60 bits per heavy atom. The van der Waals surface area contributed by atoms with Crippen molar-refractivity contribution in [2.75, 3.05) is 20.1 Å². The Morgan fingerprint density at radius 3 is 2.28 bits per heavy atom. The fourth-order valence-electron chi connectivity index (χ4n) is 7.59. The van der Waals surface area contributed by atoms with Gasteiger partial charge in [-0.2, -0.15) is 0 Å².